The van der Waals surface area contributed by atoms with Gasteiger partial charge < -0.3 is 0 Å². The number of rotatable bonds is 1. The van der Waals surface area contributed by atoms with Crippen molar-refractivity contribution in [3.05, 3.63) is 47.5 Å². The van der Waals surface area contributed by atoms with E-state index in [0.29, 0.717) is 0 Å². The number of aryl methyl sites for hydroxylation is 1. The number of hydrogen-bond acceptors (Lipinski definition) is 2. The van der Waals surface area contributed by atoms with Crippen molar-refractivity contribution >= 4 is 11.8 Å². The number of nitrogens with zero attached hydrogens (tertiary/aromatic N) is 1. The lowest BCUT2D eigenvalue weighted by Gasteiger charge is -2.22. The molecule has 2 aliphatic rings. The van der Waals surface area contributed by atoms with Crippen LogP contribution in [0.1, 0.15) is 23.6 Å². The van der Waals surface area contributed by atoms with Crippen LogP contribution in [0.25, 0.3) is 0 Å². The highest BCUT2D eigenvalue weighted by atomic mass is 16.2. The second kappa shape index (κ2) is 3.30. The summed E-state index contributed by atoms with van der Waals surface area (Å²) < 4.78 is 0. The number of hydrogen-bond donors (Lipinski definition) is 0. The Hall–Kier alpha value is -1.90. The van der Waals surface area contributed by atoms with Crippen LogP contribution in [-0.4, -0.2) is 16.7 Å². The largest absolute Gasteiger partial charge is 0.269 e. The molecule has 0 bridgehead atoms. The molecule has 0 saturated heterocycles. The minimum atomic E-state index is -0.188. The van der Waals surface area contributed by atoms with E-state index in [2.05, 4.69) is 6.07 Å². The summed E-state index contributed by atoms with van der Waals surface area (Å²) in [6.07, 6.45) is 4.49. The molecule has 0 saturated carbocycles. The molecule has 2 amide bonds. The molecule has 0 spiro atoms. The summed E-state index contributed by atoms with van der Waals surface area (Å²) in [5, 5.41) is 0. The van der Waals surface area contributed by atoms with Gasteiger partial charge in [-0.05, 0) is 24.0 Å². The van der Waals surface area contributed by atoms with Gasteiger partial charge in [-0.2, -0.15) is 0 Å². The van der Waals surface area contributed by atoms with E-state index in [1.165, 1.54) is 22.6 Å². The molecule has 3 rings (SSSR count). The van der Waals surface area contributed by atoms with Crippen LogP contribution in [0.15, 0.2) is 36.4 Å². The summed E-state index contributed by atoms with van der Waals surface area (Å²) in [6.45, 7) is 0. The van der Waals surface area contributed by atoms with E-state index in [1.807, 2.05) is 18.2 Å². The zero-order valence-electron chi connectivity index (χ0n) is 8.72. The highest BCUT2D eigenvalue weighted by Gasteiger charge is 2.35. The molecule has 1 aromatic carbocycles. The Kier molecular flexibility index (Phi) is 1.93. The van der Waals surface area contributed by atoms with Crippen LogP contribution in [0.3, 0.4) is 0 Å². The van der Waals surface area contributed by atoms with Crippen LogP contribution in [-0.2, 0) is 16.0 Å². The minimum absolute atomic E-state index is 0.0637. The van der Waals surface area contributed by atoms with Gasteiger partial charge in [0.2, 0.25) is 0 Å². The summed E-state index contributed by atoms with van der Waals surface area (Å²) in [6, 6.07) is 7.95. The first-order chi connectivity index (χ1) is 7.77. The van der Waals surface area contributed by atoms with Gasteiger partial charge in [0.1, 0.15) is 0 Å². The fourth-order valence-electron chi connectivity index (χ4n) is 2.52. The quantitative estimate of drug-likeness (QED) is 0.664. The van der Waals surface area contributed by atoms with Crippen molar-refractivity contribution in [1.29, 1.82) is 0 Å². The van der Waals surface area contributed by atoms with Crippen LogP contribution in [0, 0.1) is 0 Å². The van der Waals surface area contributed by atoms with E-state index < -0.39 is 0 Å². The van der Waals surface area contributed by atoms with Gasteiger partial charge in [-0.15, -0.1) is 0 Å². The third kappa shape index (κ3) is 1.21. The maximum atomic E-state index is 11.6. The Labute approximate surface area is 93.4 Å². The molecule has 1 aliphatic carbocycles. The molecule has 0 radical (unpaired) electrons. The van der Waals surface area contributed by atoms with Crippen LogP contribution in [0.2, 0.25) is 0 Å². The van der Waals surface area contributed by atoms with Crippen molar-refractivity contribution in [2.45, 2.75) is 18.9 Å². The van der Waals surface area contributed by atoms with Gasteiger partial charge in [0.25, 0.3) is 11.8 Å². The fraction of sp³-hybridized carbons (Fsp3) is 0.231. The van der Waals surface area contributed by atoms with Gasteiger partial charge >= 0.3 is 0 Å². The maximum Gasteiger partial charge on any atom is 0.254 e. The van der Waals surface area contributed by atoms with E-state index >= 15 is 0 Å². The molecule has 1 heterocycles. The zero-order chi connectivity index (χ0) is 11.1. The van der Waals surface area contributed by atoms with Crippen molar-refractivity contribution in [3.63, 3.8) is 0 Å². The highest BCUT2D eigenvalue weighted by Crippen LogP contribution is 2.36. The van der Waals surface area contributed by atoms with Gasteiger partial charge in [-0.25, -0.2) is 0 Å². The Morgan fingerprint density at radius 1 is 1.06 bits per heavy atom. The van der Waals surface area contributed by atoms with Gasteiger partial charge in [0, 0.05) is 12.2 Å². The van der Waals surface area contributed by atoms with Crippen molar-refractivity contribution in [2.75, 3.05) is 0 Å². The van der Waals surface area contributed by atoms with Crippen molar-refractivity contribution in [1.82, 2.24) is 4.90 Å². The molecule has 1 aromatic rings. The maximum absolute atomic E-state index is 11.6. The van der Waals surface area contributed by atoms with Crippen LogP contribution < -0.4 is 0 Å². The smallest absolute Gasteiger partial charge is 0.254 e. The highest BCUT2D eigenvalue weighted by molar-refractivity contribution is 6.13. The van der Waals surface area contributed by atoms with Crippen LogP contribution in [0.4, 0.5) is 0 Å². The normalized spacial score (nSPS) is 23.0. The van der Waals surface area contributed by atoms with Gasteiger partial charge in [0.15, 0.2) is 0 Å². The Bertz CT molecular complexity index is 486. The lowest BCUT2D eigenvalue weighted by molar-refractivity contribution is -0.139. The van der Waals surface area contributed by atoms with Crippen LogP contribution >= 0.6 is 0 Å². The Balaban J connectivity index is 1.99. The molecule has 0 aromatic heterocycles. The van der Waals surface area contributed by atoms with E-state index in [4.69, 9.17) is 0 Å². The SMILES string of the molecule is O=C1C=CC(=O)N1[C@H]1CCc2ccccc21. The standard InChI is InChI=1S/C13H11NO2/c15-12-7-8-13(16)14(12)11-6-5-9-3-1-2-4-10(9)11/h1-4,7-8,11H,5-6H2/t11-/m0/s1. The van der Waals surface area contributed by atoms with E-state index in [0.717, 1.165) is 18.4 Å². The van der Waals surface area contributed by atoms with Gasteiger partial charge in [-0.1, -0.05) is 24.3 Å². The number of carbonyl (C=O) groups is 2. The predicted octanol–water partition coefficient (Wildman–Crippen LogP) is 1.60. The number of amides is 2. The average Bonchev–Trinajstić information content (AvgIpc) is 2.83. The number of imide groups is 1. The molecule has 80 valence electrons. The third-order valence-corrected chi connectivity index (χ3v) is 3.26. The molecule has 0 unspecified atom stereocenters. The molecule has 1 aliphatic heterocycles. The summed E-state index contributed by atoms with van der Waals surface area (Å²) in [4.78, 5) is 24.6. The summed E-state index contributed by atoms with van der Waals surface area (Å²) >= 11 is 0. The molecule has 3 nitrogen and oxygen atoms in total. The number of fused-ring (bicyclic) bond motifs is 1. The van der Waals surface area contributed by atoms with E-state index in [9.17, 15) is 9.59 Å². The Morgan fingerprint density at radius 2 is 1.75 bits per heavy atom. The Morgan fingerprint density at radius 3 is 2.50 bits per heavy atom. The summed E-state index contributed by atoms with van der Waals surface area (Å²) in [7, 11) is 0. The lowest BCUT2D eigenvalue weighted by Crippen LogP contribution is -2.33. The van der Waals surface area contributed by atoms with Crippen LogP contribution in [0.5, 0.6) is 0 Å². The molecular formula is C13H11NO2. The summed E-state index contributed by atoms with van der Waals surface area (Å²) in [5.41, 5.74) is 2.37. The lowest BCUT2D eigenvalue weighted by atomic mass is 10.1. The molecule has 16 heavy (non-hydrogen) atoms. The monoisotopic (exact) mass is 213 g/mol. The predicted molar refractivity (Wildman–Crippen MR) is 58.5 cm³/mol. The average molecular weight is 213 g/mol. The van der Waals surface area contributed by atoms with E-state index in [1.54, 1.807) is 0 Å². The van der Waals surface area contributed by atoms with Gasteiger partial charge in [0.05, 0.1) is 6.04 Å². The molecule has 1 atom stereocenters. The first kappa shape index (κ1) is 9.33. The second-order valence-corrected chi connectivity index (χ2v) is 4.13. The number of benzene rings is 1. The summed E-state index contributed by atoms with van der Waals surface area (Å²) in [5.74, 6) is -0.376. The first-order valence-corrected chi connectivity index (χ1v) is 5.40. The fourth-order valence-corrected chi connectivity index (χ4v) is 2.52. The van der Waals surface area contributed by atoms with Gasteiger partial charge in [-0.3, -0.25) is 14.5 Å². The van der Waals surface area contributed by atoms with Crippen molar-refractivity contribution in [2.24, 2.45) is 0 Å². The third-order valence-electron chi connectivity index (χ3n) is 3.26. The van der Waals surface area contributed by atoms with E-state index in [-0.39, 0.29) is 17.9 Å². The number of carbonyl (C=O) groups excluding carboxylic acids is 2. The zero-order valence-corrected chi connectivity index (χ0v) is 8.72. The molecule has 3 heteroatoms. The second-order valence-electron chi connectivity index (χ2n) is 4.13. The molecular weight excluding hydrogens is 202 g/mol. The first-order valence-electron chi connectivity index (χ1n) is 5.40. The molecule has 0 N–H and O–H groups in total. The van der Waals surface area contributed by atoms with Crippen molar-refractivity contribution in [3.8, 4) is 0 Å². The van der Waals surface area contributed by atoms with Crippen molar-refractivity contribution < 1.29 is 9.59 Å². The topological polar surface area (TPSA) is 37.4 Å². The minimum Gasteiger partial charge on any atom is -0.269 e. The molecule has 0 fully saturated rings.